The van der Waals surface area contributed by atoms with E-state index in [1.54, 1.807) is 67.6 Å². The Kier molecular flexibility index (Phi) is 6.84. The number of halogens is 1. The Morgan fingerprint density at radius 1 is 1.09 bits per heavy atom. The Hall–Kier alpha value is -4.17. The number of amides is 2. The normalized spacial score (nSPS) is 10.7. The standard InChI is InChI=1S/C26H23ClN4O4/c1-16-28-21-7-5-4-6-20(21)26(34)31(16)19-11-8-17(9-12-19)25(33)30(2)15-24(32)29-22-14-18(27)10-13-23(22)35-3/h4-14H,15H2,1-3H3,(H,29,32). The molecule has 1 aromatic heterocycles. The SMILES string of the molecule is COc1ccc(Cl)cc1NC(=O)CN(C)C(=O)c1ccc(-n2c(C)nc3ccccc3c2=O)cc1. The smallest absolute Gasteiger partial charge is 0.265 e. The molecule has 0 spiro atoms. The van der Waals surface area contributed by atoms with Crippen molar-refractivity contribution in [2.45, 2.75) is 6.92 Å². The van der Waals surface area contributed by atoms with Gasteiger partial charge in [-0.25, -0.2) is 4.98 Å². The summed E-state index contributed by atoms with van der Waals surface area (Å²) in [5, 5.41) is 3.67. The fraction of sp³-hybridized carbons (Fsp3) is 0.154. The summed E-state index contributed by atoms with van der Waals surface area (Å²) in [5.41, 5.74) is 1.84. The molecule has 0 aliphatic heterocycles. The molecule has 4 rings (SSSR count). The number of rotatable bonds is 6. The molecule has 1 heterocycles. The molecule has 3 aromatic carbocycles. The predicted octanol–water partition coefficient (Wildman–Crippen LogP) is 4.07. The molecule has 0 radical (unpaired) electrons. The summed E-state index contributed by atoms with van der Waals surface area (Å²) in [6.45, 7) is 1.58. The first-order valence-electron chi connectivity index (χ1n) is 10.8. The van der Waals surface area contributed by atoms with Gasteiger partial charge in [-0.2, -0.15) is 0 Å². The minimum Gasteiger partial charge on any atom is -0.495 e. The van der Waals surface area contributed by atoms with Crippen LogP contribution in [0.3, 0.4) is 0 Å². The van der Waals surface area contributed by atoms with Crippen molar-refractivity contribution in [3.05, 3.63) is 93.5 Å². The van der Waals surface area contributed by atoms with Gasteiger partial charge in [-0.15, -0.1) is 0 Å². The molecule has 0 saturated carbocycles. The van der Waals surface area contributed by atoms with E-state index in [4.69, 9.17) is 16.3 Å². The zero-order valence-electron chi connectivity index (χ0n) is 19.4. The van der Waals surface area contributed by atoms with Crippen LogP contribution >= 0.6 is 11.6 Å². The summed E-state index contributed by atoms with van der Waals surface area (Å²) in [4.78, 5) is 44.2. The van der Waals surface area contributed by atoms with Crippen LogP contribution in [-0.2, 0) is 4.79 Å². The Morgan fingerprint density at radius 2 is 1.80 bits per heavy atom. The van der Waals surface area contributed by atoms with Gasteiger partial charge in [0.1, 0.15) is 11.6 Å². The molecule has 4 aromatic rings. The number of carbonyl (C=O) groups excluding carboxylic acids is 2. The minimum absolute atomic E-state index is 0.177. The lowest BCUT2D eigenvalue weighted by atomic mass is 10.1. The van der Waals surface area contributed by atoms with Crippen LogP contribution in [0.2, 0.25) is 5.02 Å². The molecular formula is C26H23ClN4O4. The van der Waals surface area contributed by atoms with Gasteiger partial charge in [0.05, 0.1) is 35.9 Å². The van der Waals surface area contributed by atoms with E-state index in [0.29, 0.717) is 44.4 Å². The van der Waals surface area contributed by atoms with Crippen molar-refractivity contribution in [3.8, 4) is 11.4 Å². The number of para-hydroxylation sites is 1. The summed E-state index contributed by atoms with van der Waals surface area (Å²) in [6.07, 6.45) is 0. The van der Waals surface area contributed by atoms with Crippen LogP contribution in [0.4, 0.5) is 5.69 Å². The average molecular weight is 491 g/mol. The highest BCUT2D eigenvalue weighted by Gasteiger charge is 2.17. The Balaban J connectivity index is 1.49. The van der Waals surface area contributed by atoms with Gasteiger partial charge in [-0.05, 0) is 61.5 Å². The number of methoxy groups -OCH3 is 1. The zero-order chi connectivity index (χ0) is 25.1. The highest BCUT2D eigenvalue weighted by atomic mass is 35.5. The van der Waals surface area contributed by atoms with E-state index in [1.165, 1.54) is 23.6 Å². The van der Waals surface area contributed by atoms with Gasteiger partial charge >= 0.3 is 0 Å². The van der Waals surface area contributed by atoms with Gasteiger partial charge in [0.2, 0.25) is 5.91 Å². The van der Waals surface area contributed by atoms with Gasteiger partial charge in [0.15, 0.2) is 0 Å². The van der Waals surface area contributed by atoms with Crippen molar-refractivity contribution in [1.82, 2.24) is 14.5 Å². The second kappa shape index (κ2) is 9.99. The Labute approximate surface area is 206 Å². The summed E-state index contributed by atoms with van der Waals surface area (Å²) >= 11 is 6.00. The number of aromatic nitrogens is 2. The van der Waals surface area contributed by atoms with Crippen LogP contribution in [0.25, 0.3) is 16.6 Å². The van der Waals surface area contributed by atoms with E-state index in [1.807, 2.05) is 6.07 Å². The maximum Gasteiger partial charge on any atom is 0.265 e. The first-order chi connectivity index (χ1) is 16.8. The van der Waals surface area contributed by atoms with Gasteiger partial charge in [-0.1, -0.05) is 23.7 Å². The highest BCUT2D eigenvalue weighted by Crippen LogP contribution is 2.27. The third-order valence-corrected chi connectivity index (χ3v) is 5.71. The number of likely N-dealkylation sites (N-methyl/N-ethyl adjacent to an activating group) is 1. The third kappa shape index (κ3) is 5.02. The number of anilines is 1. The van der Waals surface area contributed by atoms with Crippen molar-refractivity contribution in [3.63, 3.8) is 0 Å². The van der Waals surface area contributed by atoms with Crippen LogP contribution in [0.1, 0.15) is 16.2 Å². The molecule has 0 atom stereocenters. The molecule has 0 unspecified atom stereocenters. The fourth-order valence-electron chi connectivity index (χ4n) is 3.78. The summed E-state index contributed by atoms with van der Waals surface area (Å²) in [7, 11) is 3.02. The molecule has 9 heteroatoms. The largest absolute Gasteiger partial charge is 0.495 e. The molecule has 0 aliphatic rings. The van der Waals surface area contributed by atoms with E-state index in [2.05, 4.69) is 10.3 Å². The minimum atomic E-state index is -0.401. The molecule has 2 amide bonds. The van der Waals surface area contributed by atoms with Gasteiger partial charge in [0, 0.05) is 17.6 Å². The molecule has 0 fully saturated rings. The number of hydrogen-bond acceptors (Lipinski definition) is 5. The zero-order valence-corrected chi connectivity index (χ0v) is 20.2. The number of carbonyl (C=O) groups is 2. The summed E-state index contributed by atoms with van der Waals surface area (Å²) < 4.78 is 6.73. The molecule has 178 valence electrons. The highest BCUT2D eigenvalue weighted by molar-refractivity contribution is 6.31. The van der Waals surface area contributed by atoms with Gasteiger partial charge < -0.3 is 15.0 Å². The molecule has 8 nitrogen and oxygen atoms in total. The quantitative estimate of drug-likeness (QED) is 0.440. The Bertz CT molecular complexity index is 1480. The van der Waals surface area contributed by atoms with Crippen molar-refractivity contribution in [1.29, 1.82) is 0 Å². The molecular weight excluding hydrogens is 468 g/mol. The van der Waals surface area contributed by atoms with Crippen molar-refractivity contribution < 1.29 is 14.3 Å². The number of hydrogen-bond donors (Lipinski definition) is 1. The van der Waals surface area contributed by atoms with E-state index < -0.39 is 5.91 Å². The first kappa shape index (κ1) is 24.0. The van der Waals surface area contributed by atoms with E-state index in [-0.39, 0.29) is 18.0 Å². The van der Waals surface area contributed by atoms with Crippen molar-refractivity contribution >= 4 is 40.0 Å². The number of fused-ring (bicyclic) bond motifs is 1. The van der Waals surface area contributed by atoms with E-state index in [9.17, 15) is 14.4 Å². The second-order valence-corrected chi connectivity index (χ2v) is 8.35. The average Bonchev–Trinajstić information content (AvgIpc) is 2.84. The fourth-order valence-corrected chi connectivity index (χ4v) is 3.95. The number of ether oxygens (including phenoxy) is 1. The summed E-state index contributed by atoms with van der Waals surface area (Å²) in [5.74, 6) is 0.256. The van der Waals surface area contributed by atoms with Crippen LogP contribution in [0.15, 0.2) is 71.5 Å². The molecule has 0 bridgehead atoms. The number of nitrogens with one attached hydrogen (secondary N) is 1. The summed E-state index contributed by atoms with van der Waals surface area (Å²) in [6, 6.07) is 18.6. The Morgan fingerprint density at radius 3 is 2.51 bits per heavy atom. The van der Waals surface area contributed by atoms with Crippen LogP contribution in [0.5, 0.6) is 5.75 Å². The first-order valence-corrected chi connectivity index (χ1v) is 11.1. The van der Waals surface area contributed by atoms with Crippen LogP contribution in [-0.4, -0.2) is 47.0 Å². The third-order valence-electron chi connectivity index (χ3n) is 5.48. The molecule has 0 saturated heterocycles. The molecule has 0 aliphatic carbocycles. The topological polar surface area (TPSA) is 93.5 Å². The number of nitrogens with zero attached hydrogens (tertiary/aromatic N) is 3. The predicted molar refractivity (Wildman–Crippen MR) is 136 cm³/mol. The number of aryl methyl sites for hydroxylation is 1. The maximum absolute atomic E-state index is 13.0. The van der Waals surface area contributed by atoms with E-state index in [0.717, 1.165) is 0 Å². The molecule has 35 heavy (non-hydrogen) atoms. The monoisotopic (exact) mass is 490 g/mol. The maximum atomic E-state index is 13.0. The lowest BCUT2D eigenvalue weighted by molar-refractivity contribution is -0.116. The number of benzene rings is 3. The van der Waals surface area contributed by atoms with Gasteiger partial charge in [0.25, 0.3) is 11.5 Å². The lowest BCUT2D eigenvalue weighted by Gasteiger charge is -2.18. The van der Waals surface area contributed by atoms with Crippen molar-refractivity contribution in [2.24, 2.45) is 0 Å². The van der Waals surface area contributed by atoms with Crippen LogP contribution in [0, 0.1) is 6.92 Å². The second-order valence-electron chi connectivity index (χ2n) is 7.92. The van der Waals surface area contributed by atoms with Crippen LogP contribution < -0.4 is 15.6 Å². The van der Waals surface area contributed by atoms with Gasteiger partial charge in [-0.3, -0.25) is 19.0 Å². The lowest BCUT2D eigenvalue weighted by Crippen LogP contribution is -2.35. The van der Waals surface area contributed by atoms with E-state index >= 15 is 0 Å². The molecule has 1 N–H and O–H groups in total. The van der Waals surface area contributed by atoms with Crippen molar-refractivity contribution in [2.75, 3.05) is 26.0 Å².